The second-order valence-corrected chi connectivity index (χ2v) is 5.12. The summed E-state index contributed by atoms with van der Waals surface area (Å²) < 4.78 is 10.4. The van der Waals surface area contributed by atoms with Crippen molar-refractivity contribution >= 4 is 39.7 Å². The Morgan fingerprint density at radius 2 is 2.20 bits per heavy atom. The molecular weight excluding hydrogens is 298 g/mol. The van der Waals surface area contributed by atoms with Crippen LogP contribution < -0.4 is 20.1 Å². The van der Waals surface area contributed by atoms with Crippen LogP contribution in [-0.2, 0) is 0 Å². The van der Waals surface area contributed by atoms with Gasteiger partial charge in [0.2, 0.25) is 6.79 Å². The number of thiazole rings is 1. The Kier molecular flexibility index (Phi) is 3.48. The molecule has 1 aromatic carbocycles. The van der Waals surface area contributed by atoms with Gasteiger partial charge in [0.1, 0.15) is 0 Å². The number of fused-ring (bicyclic) bond motifs is 1. The maximum atomic E-state index is 12.0. The molecule has 1 aliphatic rings. The zero-order chi connectivity index (χ0) is 13.9. The molecule has 0 spiro atoms. The summed E-state index contributed by atoms with van der Waals surface area (Å²) in [5.41, 5.74) is 0.442. The number of rotatable bonds is 2. The zero-order valence-electron chi connectivity index (χ0n) is 10.1. The van der Waals surface area contributed by atoms with Crippen molar-refractivity contribution < 1.29 is 14.3 Å². The van der Waals surface area contributed by atoms with Crippen molar-refractivity contribution in [1.82, 2.24) is 10.3 Å². The SMILES string of the molecule is O=C(NC(=S)Nc1nccs1)c1ccc2c(c1)OCO2. The molecule has 0 bridgehead atoms. The highest BCUT2D eigenvalue weighted by Gasteiger charge is 2.16. The van der Waals surface area contributed by atoms with Crippen LogP contribution in [0.15, 0.2) is 29.8 Å². The highest BCUT2D eigenvalue weighted by atomic mass is 32.1. The summed E-state index contributed by atoms with van der Waals surface area (Å²) in [6, 6.07) is 4.95. The third kappa shape index (κ3) is 2.70. The molecule has 0 atom stereocenters. The number of aromatic nitrogens is 1. The average molecular weight is 307 g/mol. The van der Waals surface area contributed by atoms with Gasteiger partial charge in [-0.3, -0.25) is 10.1 Å². The van der Waals surface area contributed by atoms with Crippen LogP contribution >= 0.6 is 23.6 Å². The van der Waals surface area contributed by atoms with Gasteiger partial charge in [0, 0.05) is 17.1 Å². The highest BCUT2D eigenvalue weighted by Crippen LogP contribution is 2.32. The highest BCUT2D eigenvalue weighted by molar-refractivity contribution is 7.80. The predicted octanol–water partition coefficient (Wildman–Crippen LogP) is 2.00. The number of hydrogen-bond acceptors (Lipinski definition) is 6. The van der Waals surface area contributed by atoms with Crippen molar-refractivity contribution in [1.29, 1.82) is 0 Å². The van der Waals surface area contributed by atoms with Crippen molar-refractivity contribution in [3.63, 3.8) is 0 Å². The molecule has 0 unspecified atom stereocenters. The van der Waals surface area contributed by atoms with Crippen LogP contribution in [-0.4, -0.2) is 22.8 Å². The normalized spacial score (nSPS) is 12.0. The fourth-order valence-corrected chi connectivity index (χ4v) is 2.41. The van der Waals surface area contributed by atoms with E-state index < -0.39 is 0 Å². The molecule has 8 heteroatoms. The largest absolute Gasteiger partial charge is 0.454 e. The Morgan fingerprint density at radius 1 is 1.35 bits per heavy atom. The number of nitrogens with zero attached hydrogens (tertiary/aromatic N) is 1. The van der Waals surface area contributed by atoms with Gasteiger partial charge in [-0.1, -0.05) is 0 Å². The number of nitrogens with one attached hydrogen (secondary N) is 2. The van der Waals surface area contributed by atoms with E-state index in [1.54, 1.807) is 24.4 Å². The fraction of sp³-hybridized carbons (Fsp3) is 0.0833. The standard InChI is InChI=1S/C12H9N3O3S2/c16-10(14-11(19)15-12-13-3-4-20-12)7-1-2-8-9(5-7)18-6-17-8/h1-5H,6H2,(H2,13,14,15,16,19). The molecule has 2 aromatic rings. The minimum atomic E-state index is -0.322. The lowest BCUT2D eigenvalue weighted by Crippen LogP contribution is -2.34. The number of amides is 1. The number of anilines is 1. The second-order valence-electron chi connectivity index (χ2n) is 3.81. The summed E-state index contributed by atoms with van der Waals surface area (Å²) in [5, 5.41) is 8.04. The van der Waals surface area contributed by atoms with E-state index in [4.69, 9.17) is 21.7 Å². The van der Waals surface area contributed by atoms with Gasteiger partial charge < -0.3 is 14.8 Å². The molecule has 2 heterocycles. The van der Waals surface area contributed by atoms with Crippen LogP contribution in [0.4, 0.5) is 5.13 Å². The van der Waals surface area contributed by atoms with Crippen LogP contribution in [0.2, 0.25) is 0 Å². The molecule has 0 saturated heterocycles. The Hall–Kier alpha value is -2.19. The summed E-state index contributed by atoms with van der Waals surface area (Å²) in [7, 11) is 0. The lowest BCUT2D eigenvalue weighted by Gasteiger charge is -2.07. The molecule has 1 aromatic heterocycles. The van der Waals surface area contributed by atoms with Gasteiger partial charge in [0.25, 0.3) is 5.91 Å². The smallest absolute Gasteiger partial charge is 0.257 e. The molecule has 2 N–H and O–H groups in total. The second kappa shape index (κ2) is 5.43. The van der Waals surface area contributed by atoms with Crippen LogP contribution in [0.1, 0.15) is 10.4 Å². The number of benzene rings is 1. The van der Waals surface area contributed by atoms with Crippen molar-refractivity contribution in [2.75, 3.05) is 12.1 Å². The third-order valence-electron chi connectivity index (χ3n) is 2.51. The van der Waals surface area contributed by atoms with Crippen LogP contribution in [0.5, 0.6) is 11.5 Å². The van der Waals surface area contributed by atoms with Crippen molar-refractivity contribution in [2.24, 2.45) is 0 Å². The number of hydrogen-bond donors (Lipinski definition) is 2. The summed E-state index contributed by atoms with van der Waals surface area (Å²) in [6.45, 7) is 0.171. The van der Waals surface area contributed by atoms with E-state index in [2.05, 4.69) is 15.6 Å². The molecule has 102 valence electrons. The lowest BCUT2D eigenvalue weighted by atomic mass is 10.2. The first-order valence-electron chi connectivity index (χ1n) is 5.64. The van der Waals surface area contributed by atoms with Gasteiger partial charge in [0.05, 0.1) is 0 Å². The first kappa shape index (κ1) is 12.8. The first-order valence-corrected chi connectivity index (χ1v) is 6.92. The fourth-order valence-electron chi connectivity index (χ4n) is 1.63. The zero-order valence-corrected chi connectivity index (χ0v) is 11.7. The predicted molar refractivity (Wildman–Crippen MR) is 78.4 cm³/mol. The summed E-state index contributed by atoms with van der Waals surface area (Å²) in [5.74, 6) is 0.860. The molecule has 0 saturated carbocycles. The van der Waals surface area contributed by atoms with Crippen molar-refractivity contribution in [3.8, 4) is 11.5 Å². The van der Waals surface area contributed by atoms with E-state index in [0.717, 1.165) is 0 Å². The molecule has 1 amide bonds. The monoisotopic (exact) mass is 307 g/mol. The Balaban J connectivity index is 1.65. The summed E-state index contributed by atoms with van der Waals surface area (Å²) in [4.78, 5) is 16.0. The topological polar surface area (TPSA) is 72.5 Å². The molecule has 0 fully saturated rings. The van der Waals surface area contributed by atoms with E-state index in [1.165, 1.54) is 11.3 Å². The molecule has 0 radical (unpaired) electrons. The molecular formula is C12H9N3O3S2. The van der Waals surface area contributed by atoms with Gasteiger partial charge in [-0.25, -0.2) is 4.98 Å². The summed E-state index contributed by atoms with van der Waals surface area (Å²) in [6.07, 6.45) is 1.65. The number of thiocarbonyl (C=S) groups is 1. The maximum absolute atomic E-state index is 12.0. The Morgan fingerprint density at radius 3 is 3.00 bits per heavy atom. The number of ether oxygens (including phenoxy) is 2. The molecule has 3 rings (SSSR count). The average Bonchev–Trinajstić information content (AvgIpc) is 3.07. The van der Waals surface area contributed by atoms with Gasteiger partial charge in [-0.2, -0.15) is 0 Å². The number of carbonyl (C=O) groups is 1. The van der Waals surface area contributed by atoms with E-state index in [1.807, 2.05) is 5.38 Å². The van der Waals surface area contributed by atoms with E-state index in [9.17, 15) is 4.79 Å². The lowest BCUT2D eigenvalue weighted by molar-refractivity contribution is 0.0977. The van der Waals surface area contributed by atoms with E-state index >= 15 is 0 Å². The minimum Gasteiger partial charge on any atom is -0.454 e. The van der Waals surface area contributed by atoms with Gasteiger partial charge >= 0.3 is 0 Å². The molecule has 1 aliphatic heterocycles. The Labute approximate surface area is 123 Å². The molecule has 20 heavy (non-hydrogen) atoms. The first-order chi connectivity index (χ1) is 9.72. The minimum absolute atomic E-state index is 0.171. The van der Waals surface area contributed by atoms with Gasteiger partial charge in [-0.15, -0.1) is 11.3 Å². The van der Waals surface area contributed by atoms with Crippen LogP contribution in [0, 0.1) is 0 Å². The number of carbonyl (C=O) groups excluding carboxylic acids is 1. The van der Waals surface area contributed by atoms with E-state index in [0.29, 0.717) is 22.2 Å². The van der Waals surface area contributed by atoms with Crippen LogP contribution in [0.3, 0.4) is 0 Å². The Bertz CT molecular complexity index is 658. The van der Waals surface area contributed by atoms with Crippen molar-refractivity contribution in [2.45, 2.75) is 0 Å². The van der Waals surface area contributed by atoms with Crippen LogP contribution in [0.25, 0.3) is 0 Å². The quantitative estimate of drug-likeness (QED) is 0.827. The summed E-state index contributed by atoms with van der Waals surface area (Å²) >= 11 is 6.44. The van der Waals surface area contributed by atoms with Crippen molar-refractivity contribution in [3.05, 3.63) is 35.3 Å². The van der Waals surface area contributed by atoms with Gasteiger partial charge in [-0.05, 0) is 30.4 Å². The van der Waals surface area contributed by atoms with E-state index in [-0.39, 0.29) is 17.8 Å². The van der Waals surface area contributed by atoms with Gasteiger partial charge in [0.15, 0.2) is 21.7 Å². The molecule has 6 nitrogen and oxygen atoms in total. The molecule has 0 aliphatic carbocycles. The third-order valence-corrected chi connectivity index (χ3v) is 3.41. The maximum Gasteiger partial charge on any atom is 0.257 e.